The Kier molecular flexibility index (Phi) is 10.4. The molecular formula is C23H38ClN5O. The first kappa shape index (κ1) is 24.5. The van der Waals surface area contributed by atoms with Gasteiger partial charge in [0.2, 0.25) is 5.91 Å². The molecule has 7 heteroatoms. The standard InChI is InChI=1S/C23H38ClN5O/c1-5-26-23(29-14-12-18(13-15-29)16-22(30)25-4)27-17-21(28(6-2)7-3)19-10-8-9-11-20(19)24/h8-11,18,21H,5-7,12-17H2,1-4H3,(H,25,30)(H,26,27). The number of likely N-dealkylation sites (tertiary alicyclic amines) is 1. The average molecular weight is 436 g/mol. The predicted molar refractivity (Wildman–Crippen MR) is 126 cm³/mol. The number of rotatable bonds is 9. The number of guanidine groups is 1. The molecule has 1 atom stereocenters. The van der Waals surface area contributed by atoms with E-state index in [2.05, 4.69) is 47.3 Å². The van der Waals surface area contributed by atoms with Gasteiger partial charge in [-0.3, -0.25) is 14.7 Å². The molecule has 168 valence electrons. The molecule has 1 aliphatic heterocycles. The number of hydrogen-bond donors (Lipinski definition) is 2. The second kappa shape index (κ2) is 12.8. The van der Waals surface area contributed by atoms with Crippen molar-refractivity contribution in [2.45, 2.75) is 46.1 Å². The van der Waals surface area contributed by atoms with Crippen molar-refractivity contribution in [3.63, 3.8) is 0 Å². The summed E-state index contributed by atoms with van der Waals surface area (Å²) in [5.41, 5.74) is 1.13. The van der Waals surface area contributed by atoms with Gasteiger partial charge in [0.15, 0.2) is 5.96 Å². The second-order valence-electron chi connectivity index (χ2n) is 7.76. The van der Waals surface area contributed by atoms with E-state index in [9.17, 15) is 4.79 Å². The van der Waals surface area contributed by atoms with Gasteiger partial charge in [-0.25, -0.2) is 0 Å². The SMILES string of the molecule is CCNC(=NCC(c1ccccc1Cl)N(CC)CC)N1CCC(CC(=O)NC)CC1. The highest BCUT2D eigenvalue weighted by molar-refractivity contribution is 6.31. The van der Waals surface area contributed by atoms with Crippen LogP contribution >= 0.6 is 11.6 Å². The van der Waals surface area contributed by atoms with Crippen molar-refractivity contribution in [2.75, 3.05) is 46.3 Å². The number of likely N-dealkylation sites (N-methyl/N-ethyl adjacent to an activating group) is 1. The van der Waals surface area contributed by atoms with Gasteiger partial charge in [-0.1, -0.05) is 43.6 Å². The summed E-state index contributed by atoms with van der Waals surface area (Å²) in [6.07, 6.45) is 2.65. The molecule has 2 N–H and O–H groups in total. The lowest BCUT2D eigenvalue weighted by Crippen LogP contribution is -2.46. The highest BCUT2D eigenvalue weighted by atomic mass is 35.5. The third-order valence-electron chi connectivity index (χ3n) is 5.93. The second-order valence-corrected chi connectivity index (χ2v) is 8.17. The fourth-order valence-corrected chi connectivity index (χ4v) is 4.39. The number of carbonyl (C=O) groups is 1. The molecule has 1 saturated heterocycles. The Labute approximate surface area is 187 Å². The number of piperidine rings is 1. The molecule has 0 saturated carbocycles. The van der Waals surface area contributed by atoms with E-state index in [4.69, 9.17) is 16.6 Å². The number of aliphatic imine (C=N–C) groups is 1. The van der Waals surface area contributed by atoms with Gasteiger partial charge in [-0.2, -0.15) is 0 Å². The fourth-order valence-electron chi connectivity index (χ4n) is 4.13. The molecule has 1 heterocycles. The summed E-state index contributed by atoms with van der Waals surface area (Å²) in [4.78, 5) is 21.4. The number of benzene rings is 1. The van der Waals surface area contributed by atoms with Crippen LogP contribution in [0.1, 0.15) is 51.6 Å². The van der Waals surface area contributed by atoms with Gasteiger partial charge < -0.3 is 15.5 Å². The topological polar surface area (TPSA) is 60.0 Å². The molecule has 0 spiro atoms. The Bertz CT molecular complexity index is 684. The molecule has 30 heavy (non-hydrogen) atoms. The summed E-state index contributed by atoms with van der Waals surface area (Å²) < 4.78 is 0. The molecule has 1 unspecified atom stereocenters. The quantitative estimate of drug-likeness (QED) is 0.460. The Morgan fingerprint density at radius 1 is 1.23 bits per heavy atom. The third kappa shape index (κ3) is 6.88. The van der Waals surface area contributed by atoms with Crippen molar-refractivity contribution in [2.24, 2.45) is 10.9 Å². The molecular weight excluding hydrogens is 398 g/mol. The predicted octanol–water partition coefficient (Wildman–Crippen LogP) is 3.54. The molecule has 0 bridgehead atoms. The number of nitrogens with zero attached hydrogens (tertiary/aromatic N) is 3. The first-order valence-electron chi connectivity index (χ1n) is 11.3. The van der Waals surface area contributed by atoms with E-state index >= 15 is 0 Å². The van der Waals surface area contributed by atoms with Gasteiger partial charge >= 0.3 is 0 Å². The number of nitrogens with one attached hydrogen (secondary N) is 2. The van der Waals surface area contributed by atoms with Crippen LogP contribution in [0, 0.1) is 5.92 Å². The van der Waals surface area contributed by atoms with Crippen molar-refractivity contribution >= 4 is 23.5 Å². The summed E-state index contributed by atoms with van der Waals surface area (Å²) >= 11 is 6.54. The number of hydrogen-bond acceptors (Lipinski definition) is 3. The highest BCUT2D eigenvalue weighted by Gasteiger charge is 2.24. The first-order chi connectivity index (χ1) is 14.5. The fraction of sp³-hybridized carbons (Fsp3) is 0.652. The molecule has 1 aromatic carbocycles. The van der Waals surface area contributed by atoms with E-state index in [0.29, 0.717) is 18.9 Å². The van der Waals surface area contributed by atoms with Crippen LogP contribution in [0.2, 0.25) is 5.02 Å². The van der Waals surface area contributed by atoms with E-state index in [1.165, 1.54) is 0 Å². The Morgan fingerprint density at radius 2 is 1.90 bits per heavy atom. The van der Waals surface area contributed by atoms with Crippen LogP contribution in [0.15, 0.2) is 29.3 Å². The van der Waals surface area contributed by atoms with Crippen LogP contribution in [-0.4, -0.2) is 68.0 Å². The largest absolute Gasteiger partial charge is 0.359 e. The summed E-state index contributed by atoms with van der Waals surface area (Å²) in [6, 6.07) is 8.23. The van der Waals surface area contributed by atoms with Crippen LogP contribution in [0.3, 0.4) is 0 Å². The summed E-state index contributed by atoms with van der Waals surface area (Å²) in [6.45, 7) is 11.7. The number of amides is 1. The normalized spacial score (nSPS) is 16.6. The summed E-state index contributed by atoms with van der Waals surface area (Å²) in [5, 5.41) is 6.99. The third-order valence-corrected chi connectivity index (χ3v) is 6.28. The van der Waals surface area contributed by atoms with Crippen LogP contribution in [0.5, 0.6) is 0 Å². The van der Waals surface area contributed by atoms with Crippen LogP contribution < -0.4 is 10.6 Å². The van der Waals surface area contributed by atoms with E-state index in [1.54, 1.807) is 7.05 Å². The van der Waals surface area contributed by atoms with Gasteiger partial charge in [0.1, 0.15) is 0 Å². The maximum Gasteiger partial charge on any atom is 0.220 e. The smallest absolute Gasteiger partial charge is 0.220 e. The minimum atomic E-state index is 0.135. The average Bonchev–Trinajstić information content (AvgIpc) is 2.77. The lowest BCUT2D eigenvalue weighted by molar-refractivity contribution is -0.121. The molecule has 0 aromatic heterocycles. The van der Waals surface area contributed by atoms with E-state index in [0.717, 1.165) is 62.1 Å². The minimum absolute atomic E-state index is 0.135. The monoisotopic (exact) mass is 435 g/mol. The first-order valence-corrected chi connectivity index (χ1v) is 11.6. The van der Waals surface area contributed by atoms with Crippen LogP contribution in [-0.2, 0) is 4.79 Å². The molecule has 1 fully saturated rings. The zero-order chi connectivity index (χ0) is 21.9. The zero-order valence-electron chi connectivity index (χ0n) is 19.0. The molecule has 1 aromatic rings. The minimum Gasteiger partial charge on any atom is -0.359 e. The lowest BCUT2D eigenvalue weighted by Gasteiger charge is -2.35. The summed E-state index contributed by atoms with van der Waals surface area (Å²) in [5.74, 6) is 1.55. The van der Waals surface area contributed by atoms with Crippen molar-refractivity contribution in [3.8, 4) is 0 Å². The van der Waals surface area contributed by atoms with Gasteiger partial charge in [-0.05, 0) is 50.4 Å². The molecule has 0 aliphatic carbocycles. The molecule has 1 amide bonds. The van der Waals surface area contributed by atoms with Gasteiger partial charge in [0, 0.05) is 38.1 Å². The van der Waals surface area contributed by atoms with Crippen LogP contribution in [0.25, 0.3) is 0 Å². The molecule has 2 rings (SSSR count). The molecule has 1 aliphatic rings. The lowest BCUT2D eigenvalue weighted by atomic mass is 9.93. The Morgan fingerprint density at radius 3 is 2.47 bits per heavy atom. The van der Waals surface area contributed by atoms with E-state index < -0.39 is 0 Å². The Balaban J connectivity index is 2.12. The van der Waals surface area contributed by atoms with Crippen molar-refractivity contribution < 1.29 is 4.79 Å². The number of carbonyl (C=O) groups excluding carboxylic acids is 1. The van der Waals surface area contributed by atoms with E-state index in [-0.39, 0.29) is 11.9 Å². The zero-order valence-corrected chi connectivity index (χ0v) is 19.7. The molecule has 6 nitrogen and oxygen atoms in total. The van der Waals surface area contributed by atoms with Crippen molar-refractivity contribution in [3.05, 3.63) is 34.9 Å². The Hall–Kier alpha value is -1.79. The number of halogens is 1. The molecule has 0 radical (unpaired) electrons. The van der Waals surface area contributed by atoms with E-state index in [1.807, 2.05) is 18.2 Å². The maximum absolute atomic E-state index is 11.7. The maximum atomic E-state index is 11.7. The van der Waals surface area contributed by atoms with Gasteiger partial charge in [0.05, 0.1) is 12.6 Å². The van der Waals surface area contributed by atoms with Crippen molar-refractivity contribution in [1.82, 2.24) is 20.4 Å². The summed E-state index contributed by atoms with van der Waals surface area (Å²) in [7, 11) is 1.71. The van der Waals surface area contributed by atoms with Crippen molar-refractivity contribution in [1.29, 1.82) is 0 Å². The van der Waals surface area contributed by atoms with Crippen LogP contribution in [0.4, 0.5) is 0 Å². The highest BCUT2D eigenvalue weighted by Crippen LogP contribution is 2.28. The van der Waals surface area contributed by atoms with Gasteiger partial charge in [0.25, 0.3) is 0 Å². The van der Waals surface area contributed by atoms with Gasteiger partial charge in [-0.15, -0.1) is 0 Å².